The van der Waals surface area contributed by atoms with Gasteiger partial charge in [0.05, 0.1) is 18.6 Å². The van der Waals surface area contributed by atoms with Crippen molar-refractivity contribution in [1.29, 1.82) is 5.41 Å². The summed E-state index contributed by atoms with van der Waals surface area (Å²) in [7, 11) is 0. The predicted octanol–water partition coefficient (Wildman–Crippen LogP) is 5.05. The summed E-state index contributed by atoms with van der Waals surface area (Å²) in [6.07, 6.45) is -5.88. The third kappa shape index (κ3) is 8.66. The van der Waals surface area contributed by atoms with E-state index >= 15 is 0 Å². The Balaban J connectivity index is 2.43. The monoisotopic (exact) mass is 612 g/mol. The zero-order valence-corrected chi connectivity index (χ0v) is 24.9. The predicted molar refractivity (Wildman–Crippen MR) is 142 cm³/mol. The van der Waals surface area contributed by atoms with E-state index in [0.717, 1.165) is 0 Å². The number of carbonyl (C=O) groups is 3. The Morgan fingerprint density at radius 1 is 0.974 bits per heavy atom. The van der Waals surface area contributed by atoms with Gasteiger partial charge in [-0.15, -0.1) is 0 Å². The average Bonchev–Trinajstić information content (AvgIpc) is 2.84. The number of hydrogen-bond acceptors (Lipinski definition) is 10. The highest BCUT2D eigenvalue weighted by Crippen LogP contribution is 2.39. The maximum absolute atomic E-state index is 12.7. The Morgan fingerprint density at radius 2 is 1.62 bits per heavy atom. The molecule has 0 saturated carbocycles. The number of esters is 1. The lowest BCUT2D eigenvalue weighted by Gasteiger charge is -2.48. The molecule has 2 heterocycles. The van der Waals surface area contributed by atoms with Crippen molar-refractivity contribution >= 4 is 58.2 Å². The van der Waals surface area contributed by atoms with Gasteiger partial charge in [-0.2, -0.15) is 0 Å². The van der Waals surface area contributed by atoms with Gasteiger partial charge in [0.15, 0.2) is 18.2 Å². The van der Waals surface area contributed by atoms with Gasteiger partial charge >= 0.3 is 5.97 Å². The van der Waals surface area contributed by atoms with Crippen molar-refractivity contribution in [3.8, 4) is 0 Å². The Hall–Kier alpha value is -1.66. The molecule has 2 aliphatic heterocycles. The molecule has 0 aromatic heterocycles. The van der Waals surface area contributed by atoms with Gasteiger partial charge in [-0.1, -0.05) is 67.6 Å². The fourth-order valence-electron chi connectivity index (χ4n) is 4.69. The van der Waals surface area contributed by atoms with Gasteiger partial charge in [0.25, 0.3) is 3.79 Å². The molecule has 15 heteroatoms. The third-order valence-electron chi connectivity index (χ3n) is 7.15. The largest absolute Gasteiger partial charge is 0.455 e. The molecule has 0 aliphatic carbocycles. The van der Waals surface area contributed by atoms with Crippen LogP contribution in [0.5, 0.6) is 0 Å². The molecule has 0 spiro atoms. The van der Waals surface area contributed by atoms with Crippen LogP contribution < -0.4 is 0 Å². The van der Waals surface area contributed by atoms with Gasteiger partial charge in [-0.25, -0.2) is 0 Å². The van der Waals surface area contributed by atoms with E-state index in [2.05, 4.69) is 10.0 Å². The van der Waals surface area contributed by atoms with E-state index in [0.29, 0.717) is 6.42 Å². The first-order valence-corrected chi connectivity index (χ1v) is 13.8. The van der Waals surface area contributed by atoms with Gasteiger partial charge in [0, 0.05) is 17.3 Å². The molecule has 0 aromatic carbocycles. The normalized spacial score (nSPS) is 34.9. The molecule has 2 rings (SSSR count). The molecule has 1 N–H and O–H groups in total. The zero-order chi connectivity index (χ0) is 29.7. The van der Waals surface area contributed by atoms with Crippen LogP contribution >= 0.6 is 34.8 Å². The standard InChI is InChI=1S/C24H35Cl3N4O8/c1-7-15-11(3)12(4)17(30-31-29)21(35-15)37-18-13(5)19(36-16(34)9-8-10(2)32)22(38-20(18)14(6)33)39-23(28)24(25,26)27/h11-13,15,17-22,28H,7-9H2,1-6H3/t11-,12-,13-,15-,17?,18-,19?,20-,21+,22+/m0/s1. The molecule has 39 heavy (non-hydrogen) atoms. The lowest BCUT2D eigenvalue weighted by Crippen LogP contribution is -2.61. The van der Waals surface area contributed by atoms with E-state index in [-0.39, 0.29) is 36.6 Å². The van der Waals surface area contributed by atoms with E-state index in [1.807, 2.05) is 20.8 Å². The van der Waals surface area contributed by atoms with Gasteiger partial charge in [-0.05, 0) is 37.6 Å². The molecule has 0 amide bonds. The van der Waals surface area contributed by atoms with Crippen LogP contribution in [0, 0.1) is 23.2 Å². The van der Waals surface area contributed by atoms with Crippen LogP contribution in [0.4, 0.5) is 0 Å². The van der Waals surface area contributed by atoms with E-state index in [4.69, 9.17) is 63.9 Å². The lowest BCUT2D eigenvalue weighted by atomic mass is 9.81. The molecular formula is C24H35Cl3N4O8. The summed E-state index contributed by atoms with van der Waals surface area (Å²) in [5.41, 5.74) is 9.19. The molecule has 2 saturated heterocycles. The number of Topliss-reactive ketones (excluding diaryl/α,β-unsaturated/α-hetero) is 2. The molecule has 0 bridgehead atoms. The van der Waals surface area contributed by atoms with Crippen LogP contribution in [0.1, 0.15) is 60.8 Å². The topological polar surface area (TPSA) is 170 Å². The van der Waals surface area contributed by atoms with E-state index in [1.165, 1.54) is 13.8 Å². The number of halogens is 3. The lowest BCUT2D eigenvalue weighted by molar-refractivity contribution is -0.311. The molecule has 10 atom stereocenters. The number of rotatable bonds is 10. The number of azide groups is 1. The third-order valence-corrected chi connectivity index (χ3v) is 7.66. The first-order valence-electron chi connectivity index (χ1n) is 12.6. The summed E-state index contributed by atoms with van der Waals surface area (Å²) in [5.74, 6) is -3.05. The van der Waals surface area contributed by atoms with Crippen molar-refractivity contribution in [2.75, 3.05) is 0 Å². The Morgan fingerprint density at radius 3 is 2.13 bits per heavy atom. The molecule has 2 fully saturated rings. The molecule has 0 aromatic rings. The first-order chi connectivity index (χ1) is 18.1. The van der Waals surface area contributed by atoms with Crippen molar-refractivity contribution in [1.82, 2.24) is 0 Å². The van der Waals surface area contributed by atoms with Gasteiger partial charge < -0.3 is 28.5 Å². The highest BCUT2D eigenvalue weighted by Gasteiger charge is 2.53. The number of nitrogens with one attached hydrogen (secondary N) is 1. The number of alkyl halides is 3. The summed E-state index contributed by atoms with van der Waals surface area (Å²) < 4.78 is 27.1. The highest BCUT2D eigenvalue weighted by molar-refractivity contribution is 6.76. The van der Waals surface area contributed by atoms with Crippen LogP contribution in [0.25, 0.3) is 10.4 Å². The van der Waals surface area contributed by atoms with Crippen LogP contribution in [0.15, 0.2) is 5.11 Å². The van der Waals surface area contributed by atoms with Gasteiger partial charge in [0.1, 0.15) is 18.0 Å². The van der Waals surface area contributed by atoms with Crippen molar-refractivity contribution in [2.24, 2.45) is 22.9 Å². The molecule has 2 unspecified atom stereocenters. The Kier molecular flexibility index (Phi) is 12.3. The van der Waals surface area contributed by atoms with Crippen LogP contribution in [-0.2, 0) is 38.1 Å². The molecule has 2 aliphatic rings. The zero-order valence-electron chi connectivity index (χ0n) is 22.6. The number of ketones is 2. The van der Waals surface area contributed by atoms with Crippen LogP contribution in [0.2, 0.25) is 0 Å². The van der Waals surface area contributed by atoms with Gasteiger partial charge in [0.2, 0.25) is 12.2 Å². The quantitative estimate of drug-likeness (QED) is 0.0678. The highest BCUT2D eigenvalue weighted by atomic mass is 35.6. The number of hydrogen-bond donors (Lipinski definition) is 1. The number of nitrogens with zero attached hydrogens (tertiary/aromatic N) is 3. The minimum atomic E-state index is -2.25. The summed E-state index contributed by atoms with van der Waals surface area (Å²) in [5, 5.41) is 11.9. The minimum Gasteiger partial charge on any atom is -0.455 e. The maximum Gasteiger partial charge on any atom is 0.306 e. The fraction of sp³-hybridized carbons (Fsp3) is 0.833. The van der Waals surface area contributed by atoms with Crippen molar-refractivity contribution in [2.45, 2.75) is 108 Å². The molecule has 220 valence electrons. The molecular weight excluding hydrogens is 579 g/mol. The van der Waals surface area contributed by atoms with Crippen molar-refractivity contribution in [3.05, 3.63) is 10.4 Å². The summed E-state index contributed by atoms with van der Waals surface area (Å²) >= 11 is 17.3. The van der Waals surface area contributed by atoms with E-state index in [1.54, 1.807) is 6.92 Å². The first kappa shape index (κ1) is 33.5. The van der Waals surface area contributed by atoms with Crippen LogP contribution in [-0.4, -0.2) is 70.3 Å². The second-order valence-electron chi connectivity index (χ2n) is 9.96. The van der Waals surface area contributed by atoms with Crippen molar-refractivity contribution < 1.29 is 38.1 Å². The fourth-order valence-corrected chi connectivity index (χ4v) is 4.82. The van der Waals surface area contributed by atoms with Gasteiger partial charge in [-0.3, -0.25) is 15.0 Å². The Labute approximate surface area is 242 Å². The average molecular weight is 614 g/mol. The maximum atomic E-state index is 12.7. The smallest absolute Gasteiger partial charge is 0.306 e. The summed E-state index contributed by atoms with van der Waals surface area (Å²) in [6, 6.07) is -0.712. The van der Waals surface area contributed by atoms with Crippen molar-refractivity contribution in [3.63, 3.8) is 0 Å². The minimum absolute atomic E-state index is 0.0511. The summed E-state index contributed by atoms with van der Waals surface area (Å²) in [4.78, 5) is 39.6. The SMILES string of the molecule is CC[C@@H]1O[C@H](O[C@H]2[C@H](C)C(OC(=O)CCC(C)=O)[C@@H](OC(=N)C(Cl)(Cl)Cl)O[C@H]2C(C)=O)C(N=[N+]=[N-])[C@@H](C)[C@@H]1C. The van der Waals surface area contributed by atoms with E-state index < -0.39 is 64.3 Å². The number of ether oxygens (including phenoxy) is 5. The van der Waals surface area contributed by atoms with E-state index in [9.17, 15) is 19.9 Å². The van der Waals surface area contributed by atoms with Crippen LogP contribution in [0.3, 0.4) is 0 Å². The summed E-state index contributed by atoms with van der Waals surface area (Å²) in [6.45, 7) is 10.1. The Bertz CT molecular complexity index is 974. The molecule has 12 nitrogen and oxygen atoms in total. The molecule has 0 radical (unpaired) electrons. The number of carbonyl (C=O) groups excluding carboxylic acids is 3. The second-order valence-corrected chi connectivity index (χ2v) is 12.2. The second kappa shape index (κ2) is 14.3.